The van der Waals surface area contributed by atoms with Gasteiger partial charge in [0.05, 0.1) is 23.7 Å². The minimum Gasteiger partial charge on any atom is -0.481 e. The van der Waals surface area contributed by atoms with Crippen molar-refractivity contribution in [3.05, 3.63) is 29.8 Å². The Labute approximate surface area is 108 Å². The van der Waals surface area contributed by atoms with Crippen LogP contribution in [0, 0.1) is 11.3 Å². The molecule has 3 amide bonds. The largest absolute Gasteiger partial charge is 0.481 e. The minimum atomic E-state index is -1.17. The molecule has 7 heteroatoms. The molecule has 0 spiro atoms. The van der Waals surface area contributed by atoms with Gasteiger partial charge in [-0.05, 0) is 24.3 Å². The van der Waals surface area contributed by atoms with E-state index in [1.807, 2.05) is 6.07 Å². The highest BCUT2D eigenvalue weighted by Gasteiger charge is 2.39. The van der Waals surface area contributed by atoms with E-state index in [-0.39, 0.29) is 0 Å². The summed E-state index contributed by atoms with van der Waals surface area (Å²) in [5.41, 5.74) is 0.701. The van der Waals surface area contributed by atoms with Crippen LogP contribution in [0.3, 0.4) is 0 Å². The summed E-state index contributed by atoms with van der Waals surface area (Å²) in [6.07, 6.45) is -0.461. The molecule has 0 bridgehead atoms. The van der Waals surface area contributed by atoms with Crippen molar-refractivity contribution in [1.29, 1.82) is 5.26 Å². The molecule has 19 heavy (non-hydrogen) atoms. The number of nitriles is 1. The Hall–Kier alpha value is -2.88. The summed E-state index contributed by atoms with van der Waals surface area (Å²) in [6.45, 7) is 0. The predicted octanol–water partition coefficient (Wildman–Crippen LogP) is 0.458. The van der Waals surface area contributed by atoms with Gasteiger partial charge in [-0.2, -0.15) is 5.26 Å². The van der Waals surface area contributed by atoms with Crippen LogP contribution in [0.15, 0.2) is 24.3 Å². The molecule has 1 atom stereocenters. The highest BCUT2D eigenvalue weighted by molar-refractivity contribution is 6.21. The average Bonchev–Trinajstić information content (AvgIpc) is 2.64. The van der Waals surface area contributed by atoms with E-state index in [9.17, 15) is 14.4 Å². The number of carbonyl (C=O) groups excluding carboxylic acids is 2. The summed E-state index contributed by atoms with van der Waals surface area (Å²) in [4.78, 5) is 35.0. The second kappa shape index (κ2) is 4.78. The number of anilines is 1. The molecule has 96 valence electrons. The molecule has 1 saturated heterocycles. The Bertz CT molecular complexity index is 588. The fourth-order valence-electron chi connectivity index (χ4n) is 1.77. The fraction of sp³-hybridized carbons (Fsp3) is 0.167. The fourth-order valence-corrected chi connectivity index (χ4v) is 1.77. The van der Waals surface area contributed by atoms with E-state index in [1.54, 1.807) is 0 Å². The average molecular weight is 259 g/mol. The van der Waals surface area contributed by atoms with Crippen molar-refractivity contribution in [3.63, 3.8) is 0 Å². The number of imide groups is 1. The quantitative estimate of drug-likeness (QED) is 0.766. The van der Waals surface area contributed by atoms with Crippen molar-refractivity contribution in [1.82, 2.24) is 5.32 Å². The van der Waals surface area contributed by atoms with Gasteiger partial charge in [-0.3, -0.25) is 9.59 Å². The number of benzene rings is 1. The van der Waals surface area contributed by atoms with Crippen LogP contribution >= 0.6 is 0 Å². The zero-order valence-electron chi connectivity index (χ0n) is 9.66. The Kier molecular flexibility index (Phi) is 3.16. The van der Waals surface area contributed by atoms with E-state index in [1.165, 1.54) is 24.3 Å². The predicted molar refractivity (Wildman–Crippen MR) is 63.2 cm³/mol. The normalized spacial score (nSPS) is 18.1. The SMILES string of the molecule is N#Cc1ccc(N2C(=O)NC(CC(=O)O)C2=O)cc1. The Morgan fingerprint density at radius 2 is 2.00 bits per heavy atom. The van der Waals surface area contributed by atoms with Gasteiger partial charge in [0.2, 0.25) is 0 Å². The van der Waals surface area contributed by atoms with Crippen molar-refractivity contribution in [3.8, 4) is 6.07 Å². The van der Waals surface area contributed by atoms with Crippen molar-refractivity contribution in [2.24, 2.45) is 0 Å². The van der Waals surface area contributed by atoms with Gasteiger partial charge < -0.3 is 10.4 Å². The van der Waals surface area contributed by atoms with Crippen LogP contribution in [-0.4, -0.2) is 29.1 Å². The maximum atomic E-state index is 11.9. The number of carboxylic acids is 1. The molecule has 0 saturated carbocycles. The van der Waals surface area contributed by atoms with Crippen LogP contribution in [0.5, 0.6) is 0 Å². The third kappa shape index (κ3) is 2.37. The first-order chi connectivity index (χ1) is 9.02. The zero-order chi connectivity index (χ0) is 14.0. The smallest absolute Gasteiger partial charge is 0.329 e. The second-order valence-corrected chi connectivity index (χ2v) is 3.93. The number of hydrogen-bond donors (Lipinski definition) is 2. The molecule has 1 aliphatic heterocycles. The van der Waals surface area contributed by atoms with Gasteiger partial charge in [0.1, 0.15) is 6.04 Å². The molecule has 2 N–H and O–H groups in total. The first-order valence-corrected chi connectivity index (χ1v) is 5.39. The van der Waals surface area contributed by atoms with Crippen molar-refractivity contribution < 1.29 is 19.5 Å². The van der Waals surface area contributed by atoms with Gasteiger partial charge >= 0.3 is 12.0 Å². The summed E-state index contributed by atoms with van der Waals surface area (Å²) in [7, 11) is 0. The molecular weight excluding hydrogens is 250 g/mol. The minimum absolute atomic E-state index is 0.300. The highest BCUT2D eigenvalue weighted by atomic mass is 16.4. The highest BCUT2D eigenvalue weighted by Crippen LogP contribution is 2.21. The molecule has 7 nitrogen and oxygen atoms in total. The summed E-state index contributed by atoms with van der Waals surface area (Å²) < 4.78 is 0. The van der Waals surface area contributed by atoms with Crippen LogP contribution < -0.4 is 10.2 Å². The molecule has 1 aromatic carbocycles. The number of rotatable bonds is 3. The summed E-state index contributed by atoms with van der Waals surface area (Å²) >= 11 is 0. The number of aliphatic carboxylic acids is 1. The van der Waals surface area contributed by atoms with Crippen LogP contribution in [-0.2, 0) is 9.59 Å². The third-order valence-corrected chi connectivity index (χ3v) is 2.65. The molecule has 1 aliphatic rings. The van der Waals surface area contributed by atoms with Gasteiger partial charge in [0, 0.05) is 0 Å². The molecule has 2 rings (SSSR count). The number of nitrogens with zero attached hydrogens (tertiary/aromatic N) is 2. The summed E-state index contributed by atoms with van der Waals surface area (Å²) in [6, 6.07) is 6.06. The number of hydrogen-bond acceptors (Lipinski definition) is 4. The van der Waals surface area contributed by atoms with Gasteiger partial charge in [0.15, 0.2) is 0 Å². The molecule has 1 fully saturated rings. The van der Waals surface area contributed by atoms with Crippen LogP contribution in [0.25, 0.3) is 0 Å². The van der Waals surface area contributed by atoms with Crippen molar-refractivity contribution >= 4 is 23.6 Å². The lowest BCUT2D eigenvalue weighted by atomic mass is 10.2. The molecule has 0 aliphatic carbocycles. The summed E-state index contributed by atoms with van der Waals surface area (Å²) in [5.74, 6) is -1.78. The lowest BCUT2D eigenvalue weighted by Crippen LogP contribution is -2.32. The first kappa shape index (κ1) is 12.6. The molecule has 1 heterocycles. The third-order valence-electron chi connectivity index (χ3n) is 2.65. The van der Waals surface area contributed by atoms with Gasteiger partial charge in [0.25, 0.3) is 5.91 Å². The number of amides is 3. The van der Waals surface area contributed by atoms with Crippen molar-refractivity contribution in [2.45, 2.75) is 12.5 Å². The number of carboxylic acid groups (broad SMARTS) is 1. The molecule has 0 radical (unpaired) electrons. The van der Waals surface area contributed by atoms with E-state index in [2.05, 4.69) is 5.32 Å². The van der Waals surface area contributed by atoms with E-state index in [4.69, 9.17) is 10.4 Å². The first-order valence-electron chi connectivity index (χ1n) is 5.39. The summed E-state index contributed by atoms with van der Waals surface area (Å²) in [5, 5.41) is 19.6. The topological polar surface area (TPSA) is 110 Å². The standard InChI is InChI=1S/C12H9N3O4/c13-6-7-1-3-8(4-2-7)15-11(18)9(5-10(16)17)14-12(15)19/h1-4,9H,5H2,(H,14,19)(H,16,17). The molecule has 1 unspecified atom stereocenters. The maximum Gasteiger partial charge on any atom is 0.329 e. The van der Waals surface area contributed by atoms with Crippen LogP contribution in [0.2, 0.25) is 0 Å². The Balaban J connectivity index is 2.24. The lowest BCUT2D eigenvalue weighted by molar-refractivity contribution is -0.139. The Morgan fingerprint density at radius 3 is 2.53 bits per heavy atom. The molecule has 1 aromatic rings. The monoisotopic (exact) mass is 259 g/mol. The lowest BCUT2D eigenvalue weighted by Gasteiger charge is -2.12. The van der Waals surface area contributed by atoms with E-state index < -0.39 is 30.4 Å². The van der Waals surface area contributed by atoms with Crippen LogP contribution in [0.1, 0.15) is 12.0 Å². The molecule has 0 aromatic heterocycles. The van der Waals surface area contributed by atoms with Gasteiger partial charge in [-0.15, -0.1) is 0 Å². The maximum absolute atomic E-state index is 11.9. The number of urea groups is 1. The Morgan fingerprint density at radius 1 is 1.37 bits per heavy atom. The zero-order valence-corrected chi connectivity index (χ0v) is 9.66. The number of nitrogens with one attached hydrogen (secondary N) is 1. The van der Waals surface area contributed by atoms with Crippen LogP contribution in [0.4, 0.5) is 10.5 Å². The number of carbonyl (C=O) groups is 3. The second-order valence-electron chi connectivity index (χ2n) is 3.93. The molecular formula is C12H9N3O4. The van der Waals surface area contributed by atoms with E-state index >= 15 is 0 Å². The van der Waals surface area contributed by atoms with E-state index in [0.29, 0.717) is 11.3 Å². The van der Waals surface area contributed by atoms with E-state index in [0.717, 1.165) is 4.90 Å². The van der Waals surface area contributed by atoms with Gasteiger partial charge in [-0.1, -0.05) is 0 Å². The van der Waals surface area contributed by atoms with Crippen molar-refractivity contribution in [2.75, 3.05) is 4.90 Å². The van der Waals surface area contributed by atoms with Gasteiger partial charge in [-0.25, -0.2) is 9.69 Å².